The van der Waals surface area contributed by atoms with Gasteiger partial charge in [-0.25, -0.2) is 0 Å². The summed E-state index contributed by atoms with van der Waals surface area (Å²) in [4.78, 5) is 23.2. The van der Waals surface area contributed by atoms with Crippen LogP contribution in [0.15, 0.2) is 23.3 Å². The molecule has 0 aromatic carbocycles. The third-order valence-electron chi connectivity index (χ3n) is 5.45. The van der Waals surface area contributed by atoms with Gasteiger partial charge in [0.1, 0.15) is 0 Å². The molecule has 2 N–H and O–H groups in total. The van der Waals surface area contributed by atoms with E-state index in [1.807, 2.05) is 24.1 Å². The summed E-state index contributed by atoms with van der Waals surface area (Å²) >= 11 is 0. The van der Waals surface area contributed by atoms with Gasteiger partial charge in [-0.15, -0.1) is 24.0 Å². The molecule has 3 rings (SSSR count). The topological polar surface area (TPSA) is 69.6 Å². The van der Waals surface area contributed by atoms with Crippen LogP contribution in [0.2, 0.25) is 0 Å². The van der Waals surface area contributed by atoms with Crippen molar-refractivity contribution in [3.63, 3.8) is 0 Å². The van der Waals surface area contributed by atoms with Crippen LogP contribution in [0.5, 0.6) is 0 Å². The first-order chi connectivity index (χ1) is 12.7. The summed E-state index contributed by atoms with van der Waals surface area (Å²) < 4.78 is 0. The van der Waals surface area contributed by atoms with Crippen molar-refractivity contribution >= 4 is 35.8 Å². The molecule has 1 aliphatic carbocycles. The van der Waals surface area contributed by atoms with Gasteiger partial charge in [-0.3, -0.25) is 14.8 Å². The summed E-state index contributed by atoms with van der Waals surface area (Å²) in [7, 11) is 1.79. The van der Waals surface area contributed by atoms with Crippen LogP contribution in [0.4, 0.5) is 0 Å². The lowest BCUT2D eigenvalue weighted by atomic mass is 10.1. The number of nitrogens with zero attached hydrogens (tertiary/aromatic N) is 3. The van der Waals surface area contributed by atoms with Gasteiger partial charge in [0.05, 0.1) is 0 Å². The number of guanidine groups is 1. The number of hydrogen-bond donors (Lipinski definition) is 2. The second-order valence-corrected chi connectivity index (χ2v) is 7.45. The van der Waals surface area contributed by atoms with E-state index in [4.69, 9.17) is 0 Å². The fraction of sp³-hybridized carbons (Fsp3) is 0.650. The lowest BCUT2D eigenvalue weighted by Crippen LogP contribution is -2.45. The molecule has 2 aliphatic rings. The Morgan fingerprint density at radius 1 is 1.30 bits per heavy atom. The number of likely N-dealkylation sites (tertiary alicyclic amines) is 1. The zero-order valence-corrected chi connectivity index (χ0v) is 18.7. The van der Waals surface area contributed by atoms with Crippen molar-refractivity contribution in [3.05, 3.63) is 29.6 Å². The maximum atomic E-state index is 12.5. The maximum absolute atomic E-state index is 12.5. The number of aliphatic imine (C=N–C) groups is 1. The first-order valence-electron chi connectivity index (χ1n) is 9.83. The van der Waals surface area contributed by atoms with Crippen LogP contribution in [0.25, 0.3) is 0 Å². The molecule has 2 heterocycles. The Labute approximate surface area is 179 Å². The van der Waals surface area contributed by atoms with Crippen LogP contribution in [0, 0.1) is 12.8 Å². The van der Waals surface area contributed by atoms with Crippen LogP contribution in [0.3, 0.4) is 0 Å². The SMILES string of the molecule is CN=C(NCCc1ccc(C)nc1)NC1CCN(C(=O)C2CCCC2)C1.I. The molecule has 0 bridgehead atoms. The smallest absolute Gasteiger partial charge is 0.225 e. The predicted octanol–water partition coefficient (Wildman–Crippen LogP) is 2.51. The molecule has 27 heavy (non-hydrogen) atoms. The molecule has 1 aromatic rings. The van der Waals surface area contributed by atoms with Gasteiger partial charge in [-0.1, -0.05) is 18.9 Å². The Hall–Kier alpha value is -1.38. The fourth-order valence-electron chi connectivity index (χ4n) is 3.87. The van der Waals surface area contributed by atoms with Crippen LogP contribution in [-0.2, 0) is 11.2 Å². The molecule has 150 valence electrons. The number of aromatic nitrogens is 1. The standard InChI is InChI=1S/C20H31N5O.HI/c1-15-7-8-16(13-23-15)9-11-22-20(21-2)24-18-10-12-25(14-18)19(26)17-5-3-4-6-17;/h7-8,13,17-18H,3-6,9-12,14H2,1-2H3,(H2,21,22,24);1H. The Balaban J connectivity index is 0.00000261. The number of rotatable bonds is 5. The molecule has 1 aliphatic heterocycles. The van der Waals surface area contributed by atoms with Crippen molar-refractivity contribution in [2.45, 2.75) is 51.5 Å². The highest BCUT2D eigenvalue weighted by atomic mass is 127. The number of halogens is 1. The number of amides is 1. The summed E-state index contributed by atoms with van der Waals surface area (Å²) in [6, 6.07) is 4.44. The summed E-state index contributed by atoms with van der Waals surface area (Å²) in [6.07, 6.45) is 8.38. The van der Waals surface area contributed by atoms with E-state index >= 15 is 0 Å². The summed E-state index contributed by atoms with van der Waals surface area (Å²) in [5.41, 5.74) is 2.25. The van der Waals surface area contributed by atoms with Gasteiger partial charge in [0.15, 0.2) is 5.96 Å². The summed E-state index contributed by atoms with van der Waals surface area (Å²) in [5.74, 6) is 1.45. The van der Waals surface area contributed by atoms with E-state index in [2.05, 4.69) is 26.7 Å². The first kappa shape index (κ1) is 21.9. The van der Waals surface area contributed by atoms with Crippen molar-refractivity contribution < 1.29 is 4.79 Å². The second kappa shape index (κ2) is 10.8. The molecule has 0 spiro atoms. The van der Waals surface area contributed by atoms with Crippen molar-refractivity contribution in [1.29, 1.82) is 0 Å². The summed E-state index contributed by atoms with van der Waals surface area (Å²) in [5, 5.41) is 6.83. The number of carbonyl (C=O) groups excluding carboxylic acids is 1. The quantitative estimate of drug-likeness (QED) is 0.382. The van der Waals surface area contributed by atoms with E-state index in [1.165, 1.54) is 18.4 Å². The third-order valence-corrected chi connectivity index (χ3v) is 5.45. The monoisotopic (exact) mass is 485 g/mol. The molecule has 1 saturated carbocycles. The van der Waals surface area contributed by atoms with Crippen LogP contribution < -0.4 is 10.6 Å². The molecular formula is C20H32IN5O. The number of pyridine rings is 1. The zero-order chi connectivity index (χ0) is 18.4. The fourth-order valence-corrected chi connectivity index (χ4v) is 3.87. The molecule has 1 amide bonds. The van der Waals surface area contributed by atoms with Crippen molar-refractivity contribution in [2.24, 2.45) is 10.9 Å². The van der Waals surface area contributed by atoms with Crippen molar-refractivity contribution in [1.82, 2.24) is 20.5 Å². The van der Waals surface area contributed by atoms with E-state index in [-0.39, 0.29) is 35.9 Å². The lowest BCUT2D eigenvalue weighted by molar-refractivity contribution is -0.134. The average molecular weight is 485 g/mol. The molecule has 7 heteroatoms. The molecule has 0 radical (unpaired) electrons. The van der Waals surface area contributed by atoms with Gasteiger partial charge >= 0.3 is 0 Å². The molecule has 1 saturated heterocycles. The van der Waals surface area contributed by atoms with Gasteiger partial charge in [0, 0.05) is 50.5 Å². The van der Waals surface area contributed by atoms with E-state index in [0.29, 0.717) is 5.91 Å². The van der Waals surface area contributed by atoms with E-state index in [9.17, 15) is 4.79 Å². The van der Waals surface area contributed by atoms with Crippen LogP contribution in [-0.4, -0.2) is 54.5 Å². The normalized spacial score (nSPS) is 20.4. The van der Waals surface area contributed by atoms with Crippen LogP contribution in [0.1, 0.15) is 43.4 Å². The van der Waals surface area contributed by atoms with Crippen molar-refractivity contribution in [3.8, 4) is 0 Å². The molecular weight excluding hydrogens is 453 g/mol. The minimum atomic E-state index is 0. The highest BCUT2D eigenvalue weighted by molar-refractivity contribution is 14.0. The minimum Gasteiger partial charge on any atom is -0.356 e. The molecule has 2 fully saturated rings. The molecule has 1 aromatic heterocycles. The Kier molecular flexibility index (Phi) is 8.79. The third kappa shape index (κ3) is 6.33. The van der Waals surface area contributed by atoms with Gasteiger partial charge in [0.2, 0.25) is 5.91 Å². The van der Waals surface area contributed by atoms with E-state index < -0.39 is 0 Å². The molecule has 1 atom stereocenters. The van der Waals surface area contributed by atoms with E-state index in [1.54, 1.807) is 7.05 Å². The Bertz CT molecular complexity index is 628. The van der Waals surface area contributed by atoms with Gasteiger partial charge in [0.25, 0.3) is 0 Å². The number of carbonyl (C=O) groups is 1. The number of hydrogen-bond acceptors (Lipinski definition) is 3. The highest BCUT2D eigenvalue weighted by Gasteiger charge is 2.32. The Morgan fingerprint density at radius 2 is 2.07 bits per heavy atom. The minimum absolute atomic E-state index is 0. The largest absolute Gasteiger partial charge is 0.356 e. The summed E-state index contributed by atoms with van der Waals surface area (Å²) in [6.45, 7) is 4.45. The first-order valence-corrected chi connectivity index (χ1v) is 9.83. The zero-order valence-electron chi connectivity index (χ0n) is 16.4. The van der Waals surface area contributed by atoms with Gasteiger partial charge < -0.3 is 15.5 Å². The maximum Gasteiger partial charge on any atom is 0.225 e. The predicted molar refractivity (Wildman–Crippen MR) is 120 cm³/mol. The Morgan fingerprint density at radius 3 is 2.74 bits per heavy atom. The second-order valence-electron chi connectivity index (χ2n) is 7.45. The molecule has 1 unspecified atom stereocenters. The number of nitrogens with one attached hydrogen (secondary N) is 2. The van der Waals surface area contributed by atoms with Gasteiger partial charge in [-0.2, -0.15) is 0 Å². The molecule has 6 nitrogen and oxygen atoms in total. The van der Waals surface area contributed by atoms with Crippen LogP contribution >= 0.6 is 24.0 Å². The highest BCUT2D eigenvalue weighted by Crippen LogP contribution is 2.27. The van der Waals surface area contributed by atoms with Gasteiger partial charge in [-0.05, 0) is 44.2 Å². The van der Waals surface area contributed by atoms with Crippen molar-refractivity contribution in [2.75, 3.05) is 26.7 Å². The number of aryl methyl sites for hydroxylation is 1. The average Bonchev–Trinajstić information content (AvgIpc) is 3.34. The lowest BCUT2D eigenvalue weighted by Gasteiger charge is -2.21. The van der Waals surface area contributed by atoms with E-state index in [0.717, 1.165) is 57.0 Å².